The Kier molecular flexibility index (Phi) is 14.0. The number of ether oxygens (including phenoxy) is 1. The molecule has 0 atom stereocenters. The number of hydrogen-bond donors (Lipinski definition) is 1. The van der Waals surface area contributed by atoms with E-state index in [4.69, 9.17) is 15.7 Å². The van der Waals surface area contributed by atoms with Gasteiger partial charge in [0.1, 0.15) is 18.4 Å². The molecule has 0 unspecified atom stereocenters. The zero-order valence-corrected chi connectivity index (χ0v) is 12.5. The van der Waals surface area contributed by atoms with Gasteiger partial charge in [0.25, 0.3) is 0 Å². The highest BCUT2D eigenvalue weighted by molar-refractivity contribution is 9.10. The van der Waals surface area contributed by atoms with Crippen LogP contribution in [0.3, 0.4) is 0 Å². The SMILES string of the molecule is CC.CC.N#Cc1cc(Br)ccc1OCCN. The van der Waals surface area contributed by atoms with Gasteiger partial charge in [-0.25, -0.2) is 0 Å². The maximum atomic E-state index is 8.76. The van der Waals surface area contributed by atoms with Crippen LogP contribution in [0.1, 0.15) is 33.3 Å². The van der Waals surface area contributed by atoms with E-state index in [0.29, 0.717) is 24.5 Å². The van der Waals surface area contributed by atoms with Crippen molar-refractivity contribution in [1.29, 1.82) is 5.26 Å². The monoisotopic (exact) mass is 300 g/mol. The third-order valence-electron chi connectivity index (χ3n) is 1.44. The van der Waals surface area contributed by atoms with E-state index in [-0.39, 0.29) is 0 Å². The van der Waals surface area contributed by atoms with Crippen LogP contribution in [0.2, 0.25) is 0 Å². The lowest BCUT2D eigenvalue weighted by Gasteiger charge is -2.05. The van der Waals surface area contributed by atoms with Crippen LogP contribution in [-0.2, 0) is 0 Å². The molecule has 0 spiro atoms. The Morgan fingerprint density at radius 1 is 1.29 bits per heavy atom. The van der Waals surface area contributed by atoms with E-state index in [9.17, 15) is 0 Å². The Morgan fingerprint density at radius 3 is 2.35 bits per heavy atom. The molecule has 96 valence electrons. The summed E-state index contributed by atoms with van der Waals surface area (Å²) in [6, 6.07) is 7.34. The van der Waals surface area contributed by atoms with Gasteiger partial charge in [-0.1, -0.05) is 43.6 Å². The maximum absolute atomic E-state index is 8.76. The van der Waals surface area contributed by atoms with Gasteiger partial charge in [-0.3, -0.25) is 0 Å². The molecule has 0 aromatic heterocycles. The Morgan fingerprint density at radius 2 is 1.88 bits per heavy atom. The first kappa shape index (κ1) is 18.3. The molecule has 0 bridgehead atoms. The molecule has 17 heavy (non-hydrogen) atoms. The van der Waals surface area contributed by atoms with Crippen LogP contribution in [0.25, 0.3) is 0 Å². The second-order valence-corrected chi connectivity index (χ2v) is 3.31. The summed E-state index contributed by atoms with van der Waals surface area (Å²) in [5.41, 5.74) is 5.80. The number of nitrogens with two attached hydrogens (primary N) is 1. The Bertz CT molecular complexity index is 335. The van der Waals surface area contributed by atoms with E-state index < -0.39 is 0 Å². The van der Waals surface area contributed by atoms with Crippen molar-refractivity contribution >= 4 is 15.9 Å². The summed E-state index contributed by atoms with van der Waals surface area (Å²) in [5.74, 6) is 0.580. The molecule has 2 N–H and O–H groups in total. The number of nitrogens with zero attached hydrogens (tertiary/aromatic N) is 1. The van der Waals surface area contributed by atoms with E-state index in [2.05, 4.69) is 15.9 Å². The minimum Gasteiger partial charge on any atom is -0.491 e. The van der Waals surface area contributed by atoms with Crippen molar-refractivity contribution in [3.05, 3.63) is 28.2 Å². The lowest BCUT2D eigenvalue weighted by Crippen LogP contribution is -2.11. The van der Waals surface area contributed by atoms with Crippen LogP contribution in [0, 0.1) is 11.3 Å². The van der Waals surface area contributed by atoms with E-state index in [1.165, 1.54) is 0 Å². The highest BCUT2D eigenvalue weighted by atomic mass is 79.9. The summed E-state index contributed by atoms with van der Waals surface area (Å²) in [7, 11) is 0. The number of rotatable bonds is 3. The van der Waals surface area contributed by atoms with Gasteiger partial charge < -0.3 is 10.5 Å². The lowest BCUT2D eigenvalue weighted by atomic mass is 10.2. The summed E-state index contributed by atoms with van der Waals surface area (Å²) in [5, 5.41) is 8.76. The molecule has 0 amide bonds. The highest BCUT2D eigenvalue weighted by Crippen LogP contribution is 2.21. The van der Waals surface area contributed by atoms with Crippen LogP contribution in [0.5, 0.6) is 5.75 Å². The maximum Gasteiger partial charge on any atom is 0.137 e. The summed E-state index contributed by atoms with van der Waals surface area (Å²) >= 11 is 3.27. The smallest absolute Gasteiger partial charge is 0.137 e. The number of halogens is 1. The fourth-order valence-electron chi connectivity index (χ4n) is 0.884. The minimum atomic E-state index is 0.427. The van der Waals surface area contributed by atoms with Crippen molar-refractivity contribution in [2.45, 2.75) is 27.7 Å². The van der Waals surface area contributed by atoms with E-state index in [1.54, 1.807) is 12.1 Å². The average Bonchev–Trinajstić information content (AvgIpc) is 2.41. The quantitative estimate of drug-likeness (QED) is 0.925. The zero-order chi connectivity index (χ0) is 13.7. The summed E-state index contributed by atoms with van der Waals surface area (Å²) in [6.45, 7) is 8.87. The molecule has 4 heteroatoms. The standard InChI is InChI=1S/C9H9BrN2O.2C2H6/c10-8-1-2-9(13-4-3-11)7(5-8)6-12;2*1-2/h1-2,5H,3-4,11H2;2*1-2H3. The normalized spacial score (nSPS) is 7.82. The third kappa shape index (κ3) is 7.78. The molecule has 0 heterocycles. The van der Waals surface area contributed by atoms with Crippen molar-refractivity contribution in [2.75, 3.05) is 13.2 Å². The van der Waals surface area contributed by atoms with Crippen LogP contribution in [0.4, 0.5) is 0 Å². The van der Waals surface area contributed by atoms with Crippen molar-refractivity contribution in [2.24, 2.45) is 5.73 Å². The first-order valence-corrected chi connectivity index (χ1v) is 6.59. The third-order valence-corrected chi connectivity index (χ3v) is 1.93. The lowest BCUT2D eigenvalue weighted by molar-refractivity contribution is 0.327. The van der Waals surface area contributed by atoms with Gasteiger partial charge in [-0.05, 0) is 18.2 Å². The van der Waals surface area contributed by atoms with E-state index in [0.717, 1.165) is 4.47 Å². The topological polar surface area (TPSA) is 59.0 Å². The predicted octanol–water partition coefficient (Wildman–Crippen LogP) is 3.71. The largest absolute Gasteiger partial charge is 0.491 e. The molecule has 0 aliphatic carbocycles. The number of hydrogen-bond acceptors (Lipinski definition) is 3. The second-order valence-electron chi connectivity index (χ2n) is 2.39. The van der Waals surface area contributed by atoms with Gasteiger partial charge in [-0.15, -0.1) is 0 Å². The van der Waals surface area contributed by atoms with Crippen molar-refractivity contribution in [3.63, 3.8) is 0 Å². The van der Waals surface area contributed by atoms with Crippen LogP contribution >= 0.6 is 15.9 Å². The summed E-state index contributed by atoms with van der Waals surface area (Å²) in [6.07, 6.45) is 0. The van der Waals surface area contributed by atoms with Crippen molar-refractivity contribution in [3.8, 4) is 11.8 Å². The molecule has 0 fully saturated rings. The van der Waals surface area contributed by atoms with Crippen molar-refractivity contribution in [1.82, 2.24) is 0 Å². The van der Waals surface area contributed by atoms with Crippen LogP contribution in [0.15, 0.2) is 22.7 Å². The Labute approximate surface area is 113 Å². The van der Waals surface area contributed by atoms with E-state index >= 15 is 0 Å². The predicted molar refractivity (Wildman–Crippen MR) is 76.1 cm³/mol. The Hall–Kier alpha value is -1.05. The highest BCUT2D eigenvalue weighted by Gasteiger charge is 2.02. The molecule has 1 aromatic carbocycles. The van der Waals surface area contributed by atoms with Crippen molar-refractivity contribution < 1.29 is 4.74 Å². The molecule has 0 saturated carbocycles. The first-order chi connectivity index (χ1) is 8.27. The average molecular weight is 301 g/mol. The number of benzene rings is 1. The molecule has 0 aliphatic rings. The first-order valence-electron chi connectivity index (χ1n) is 5.80. The molecule has 0 saturated heterocycles. The second kappa shape index (κ2) is 13.0. The molecule has 0 aliphatic heterocycles. The van der Waals surface area contributed by atoms with Gasteiger partial charge in [0.15, 0.2) is 0 Å². The van der Waals surface area contributed by atoms with Gasteiger partial charge >= 0.3 is 0 Å². The van der Waals surface area contributed by atoms with Crippen LogP contribution in [-0.4, -0.2) is 13.2 Å². The molecule has 3 nitrogen and oxygen atoms in total. The van der Waals surface area contributed by atoms with Crippen LogP contribution < -0.4 is 10.5 Å². The fourth-order valence-corrected chi connectivity index (χ4v) is 1.25. The molecule has 0 radical (unpaired) electrons. The Balaban J connectivity index is 0. The molecule has 1 rings (SSSR count). The van der Waals surface area contributed by atoms with Gasteiger partial charge in [-0.2, -0.15) is 5.26 Å². The fraction of sp³-hybridized carbons (Fsp3) is 0.462. The molecule has 1 aromatic rings. The minimum absolute atomic E-state index is 0.427. The van der Waals surface area contributed by atoms with Gasteiger partial charge in [0.2, 0.25) is 0 Å². The molecular formula is C13H21BrN2O. The number of nitriles is 1. The molecular weight excluding hydrogens is 280 g/mol. The summed E-state index contributed by atoms with van der Waals surface area (Å²) in [4.78, 5) is 0. The van der Waals surface area contributed by atoms with Gasteiger partial charge in [0.05, 0.1) is 5.56 Å². The van der Waals surface area contributed by atoms with Gasteiger partial charge in [0, 0.05) is 11.0 Å². The zero-order valence-electron chi connectivity index (χ0n) is 11.0. The van der Waals surface area contributed by atoms with E-state index in [1.807, 2.05) is 39.8 Å². The summed E-state index contributed by atoms with van der Waals surface area (Å²) < 4.78 is 6.13.